The van der Waals surface area contributed by atoms with Crippen molar-refractivity contribution in [1.29, 1.82) is 0 Å². The number of halogens is 6. The van der Waals surface area contributed by atoms with E-state index >= 15 is 0 Å². The van der Waals surface area contributed by atoms with Crippen LogP contribution in [0.15, 0.2) is 196 Å². The van der Waals surface area contributed by atoms with Gasteiger partial charge in [-0.15, -0.1) is 22.7 Å². The van der Waals surface area contributed by atoms with Crippen LogP contribution in [0.2, 0.25) is 0 Å². The Morgan fingerprint density at radius 3 is 1.41 bits per heavy atom. The summed E-state index contributed by atoms with van der Waals surface area (Å²) in [5.41, 5.74) is 7.33. The monoisotopic (exact) mass is 1180 g/mol. The van der Waals surface area contributed by atoms with Crippen LogP contribution < -0.4 is 9.47 Å². The maximum absolute atomic E-state index is 13.7. The Kier molecular flexibility index (Phi) is 15.3. The minimum Gasteiger partial charge on any atom is -0.490 e. The van der Waals surface area contributed by atoms with Crippen LogP contribution in [0.5, 0.6) is 11.5 Å². The number of alkyl halides is 6. The number of aromatic amines is 2. The predicted molar refractivity (Wildman–Crippen MR) is 311 cm³/mol. The Morgan fingerprint density at radius 1 is 0.435 bits per heavy atom. The molecular weight excluding hydrogens is 1140 g/mol. The number of para-hydroxylation sites is 2. The first-order valence-electron chi connectivity index (χ1n) is 26.1. The van der Waals surface area contributed by atoms with Crippen molar-refractivity contribution in [2.75, 3.05) is 13.2 Å². The molecule has 23 heteroatoms. The smallest absolute Gasteiger partial charge is 0.426 e. The summed E-state index contributed by atoms with van der Waals surface area (Å²) < 4.78 is 109. The molecule has 0 aliphatic carbocycles. The lowest BCUT2D eigenvalue weighted by atomic mass is 10.0. The summed E-state index contributed by atoms with van der Waals surface area (Å²) in [6.45, 7) is 4.97. The van der Waals surface area contributed by atoms with Gasteiger partial charge in [0.25, 0.3) is 17.7 Å². The highest BCUT2D eigenvalue weighted by molar-refractivity contribution is 7.16. The molecule has 0 spiro atoms. The molecule has 14 aromatic rings. The van der Waals surface area contributed by atoms with Gasteiger partial charge in [-0.3, -0.25) is 0 Å². The maximum atomic E-state index is 13.7. The number of hydrogen-bond donors (Lipinski definition) is 2. The fraction of sp³-hybridized carbons (Fsp3) is 0.0968. The molecule has 0 aliphatic rings. The van der Waals surface area contributed by atoms with Crippen LogP contribution in [0.25, 0.3) is 122 Å². The molecule has 15 nitrogen and oxygen atoms in total. The molecule has 0 fully saturated rings. The highest BCUT2D eigenvalue weighted by Gasteiger charge is 2.38. The van der Waals surface area contributed by atoms with E-state index in [0.29, 0.717) is 87.1 Å². The van der Waals surface area contributed by atoms with Crippen molar-refractivity contribution in [1.82, 2.24) is 50.4 Å². The molecule has 14 rings (SSSR count). The summed E-state index contributed by atoms with van der Waals surface area (Å²) >= 11 is 1.19. The van der Waals surface area contributed by atoms with E-state index < -0.39 is 22.1 Å². The molecular formula is C62H42F6N10O5S2. The number of hydrogen-bond acceptors (Lipinski definition) is 15. The summed E-state index contributed by atoms with van der Waals surface area (Å²) in [6.07, 6.45) is -5.77. The number of thiophene rings is 2. The van der Waals surface area contributed by atoms with Crippen LogP contribution in [0, 0.1) is 0 Å². The Bertz CT molecular complexity index is 4600. The number of rotatable bonds is 12. The van der Waals surface area contributed by atoms with Crippen molar-refractivity contribution in [3.8, 4) is 101 Å². The SMILES string of the molecule is CCOc1ccc(-c2nc(-c3cccc4[nH]cnc34)no2)cc1OCC.FC(F)(F)c1sc(-c2nc(-c3cccc4[nH]cnc34)no2)cc1-c1ccccc1.FC(F)(F)c1sc(-c2nc(-c3cccc4ccccc34)no2)cc1-c1ccccc1. The average molecular weight is 1190 g/mol. The van der Waals surface area contributed by atoms with E-state index in [1.807, 2.05) is 105 Å². The van der Waals surface area contributed by atoms with E-state index in [9.17, 15) is 26.3 Å². The number of aromatic nitrogens is 10. The summed E-state index contributed by atoms with van der Waals surface area (Å²) in [7, 11) is 0. The molecule has 7 aromatic heterocycles. The van der Waals surface area contributed by atoms with Gasteiger partial charge in [-0.1, -0.05) is 131 Å². The van der Waals surface area contributed by atoms with Crippen LogP contribution in [0.4, 0.5) is 26.3 Å². The zero-order valence-electron chi connectivity index (χ0n) is 44.4. The van der Waals surface area contributed by atoms with Gasteiger partial charge in [0.2, 0.25) is 17.5 Å². The second kappa shape index (κ2) is 23.5. The van der Waals surface area contributed by atoms with Gasteiger partial charge in [0.1, 0.15) is 9.75 Å². The van der Waals surface area contributed by atoms with Crippen LogP contribution in [-0.2, 0) is 12.4 Å². The van der Waals surface area contributed by atoms with E-state index in [2.05, 4.69) is 50.4 Å². The number of H-pyrrole nitrogens is 2. The first-order chi connectivity index (χ1) is 41.3. The average Bonchev–Trinajstić information content (AvgIpc) is 4.57. The third kappa shape index (κ3) is 11.6. The molecule has 0 saturated carbocycles. The predicted octanol–water partition coefficient (Wildman–Crippen LogP) is 17.4. The highest BCUT2D eigenvalue weighted by atomic mass is 32.1. The lowest BCUT2D eigenvalue weighted by Crippen LogP contribution is -2.03. The van der Waals surface area contributed by atoms with Crippen molar-refractivity contribution < 1.29 is 49.4 Å². The topological polar surface area (TPSA) is 193 Å². The minimum absolute atomic E-state index is 0.0326. The Morgan fingerprint density at radius 2 is 0.882 bits per heavy atom. The summed E-state index contributed by atoms with van der Waals surface area (Å²) in [5.74, 6) is 2.95. The second-order valence-corrected chi connectivity index (χ2v) is 20.6. The van der Waals surface area contributed by atoms with Crippen molar-refractivity contribution in [3.05, 3.63) is 192 Å². The number of fused-ring (bicyclic) bond motifs is 3. The molecule has 0 saturated heterocycles. The minimum atomic E-state index is -4.49. The number of benzene rings is 7. The molecule has 2 N–H and O–H groups in total. The van der Waals surface area contributed by atoms with E-state index in [0.717, 1.165) is 44.0 Å². The van der Waals surface area contributed by atoms with Crippen LogP contribution in [0.1, 0.15) is 23.6 Å². The lowest BCUT2D eigenvalue weighted by molar-refractivity contribution is -0.134. The Labute approximate surface area is 485 Å². The molecule has 85 heavy (non-hydrogen) atoms. The van der Waals surface area contributed by atoms with Gasteiger partial charge in [0.05, 0.1) is 68.8 Å². The van der Waals surface area contributed by atoms with Gasteiger partial charge >= 0.3 is 12.4 Å². The zero-order chi connectivity index (χ0) is 58.7. The molecule has 7 heterocycles. The van der Waals surface area contributed by atoms with Crippen molar-refractivity contribution in [2.45, 2.75) is 26.2 Å². The third-order valence-corrected chi connectivity index (χ3v) is 15.4. The first kappa shape index (κ1) is 55.3. The van der Waals surface area contributed by atoms with Gasteiger partial charge in [-0.25, -0.2) is 9.97 Å². The van der Waals surface area contributed by atoms with Crippen LogP contribution >= 0.6 is 22.7 Å². The third-order valence-electron chi connectivity index (χ3n) is 13.1. The molecule has 424 valence electrons. The molecule has 7 aromatic carbocycles. The zero-order valence-corrected chi connectivity index (χ0v) is 46.1. The fourth-order valence-electron chi connectivity index (χ4n) is 9.29. The second-order valence-electron chi connectivity index (χ2n) is 18.5. The first-order valence-corrected chi connectivity index (χ1v) is 27.7. The highest BCUT2D eigenvalue weighted by Crippen LogP contribution is 2.48. The van der Waals surface area contributed by atoms with E-state index in [4.69, 9.17) is 23.0 Å². The largest absolute Gasteiger partial charge is 0.490 e. The maximum Gasteiger partial charge on any atom is 0.426 e. The Balaban J connectivity index is 0.000000125. The van der Waals surface area contributed by atoms with Gasteiger partial charge in [0, 0.05) is 22.3 Å². The van der Waals surface area contributed by atoms with Crippen molar-refractivity contribution in [2.24, 2.45) is 0 Å². The number of nitrogens with zero attached hydrogens (tertiary/aromatic N) is 8. The van der Waals surface area contributed by atoms with Gasteiger partial charge in [-0.2, -0.15) is 41.3 Å². The lowest BCUT2D eigenvalue weighted by Gasteiger charge is -2.11. The van der Waals surface area contributed by atoms with Crippen molar-refractivity contribution in [3.63, 3.8) is 0 Å². The van der Waals surface area contributed by atoms with Crippen LogP contribution in [0.3, 0.4) is 0 Å². The van der Waals surface area contributed by atoms with Gasteiger partial charge < -0.3 is 33.0 Å². The van der Waals surface area contributed by atoms with Crippen molar-refractivity contribution >= 4 is 55.5 Å². The fourth-order valence-corrected chi connectivity index (χ4v) is 11.2. The normalized spacial score (nSPS) is 11.6. The number of imidazole rings is 2. The summed E-state index contributed by atoms with van der Waals surface area (Å²) in [6, 6.07) is 50.1. The van der Waals surface area contributed by atoms with Gasteiger partial charge in [0.15, 0.2) is 11.5 Å². The number of ether oxygens (including phenoxy) is 2. The Hall–Kier alpha value is -10.3. The van der Waals surface area contributed by atoms with E-state index in [1.165, 1.54) is 12.1 Å². The standard InChI is InChI=1S/C23H13F3N2OS.C20H11F3N4OS.C19H18N4O3/c24-23(25,26)20-18(15-7-2-1-3-8-15)13-19(30-20)22-27-21(28-29-22)17-12-6-10-14-9-4-5-11-16(14)17;21-20(22,23)17-13(11-5-2-1-3-6-11)9-15(29-17)19-26-18(27-28-19)12-7-4-8-14-16(12)25-10-24-14;1-3-24-15-9-8-12(10-16(15)25-4-2)19-22-18(23-26-19)13-6-5-7-14-17(13)21-11-20-14/h1-13H;1-10H,(H,24,25);5-11H,3-4H2,1-2H3,(H,20,21). The quantitative estimate of drug-likeness (QED) is 0.110. The summed E-state index contributed by atoms with van der Waals surface area (Å²) in [5, 5.41) is 14.1. The molecule has 0 bridgehead atoms. The molecule has 0 radical (unpaired) electrons. The van der Waals surface area contributed by atoms with Gasteiger partial charge in [-0.05, 0) is 90.3 Å². The summed E-state index contributed by atoms with van der Waals surface area (Å²) in [4.78, 5) is 27.0. The van der Waals surface area contributed by atoms with E-state index in [-0.39, 0.29) is 38.5 Å². The number of nitrogens with one attached hydrogen (secondary N) is 2. The molecule has 0 aliphatic heterocycles. The van der Waals surface area contributed by atoms with E-state index in [1.54, 1.807) is 79.4 Å². The molecule has 0 amide bonds. The van der Waals surface area contributed by atoms with Crippen LogP contribution in [-0.4, -0.2) is 63.6 Å². The molecule has 0 atom stereocenters. The molecule has 0 unspecified atom stereocenters.